The van der Waals surface area contributed by atoms with Crippen LogP contribution in [0.1, 0.15) is 25.8 Å². The number of aliphatic imine (C=N–C) groups is 1. The molecular weight excluding hydrogens is 396 g/mol. The van der Waals surface area contributed by atoms with Crippen LogP contribution >= 0.6 is 47.2 Å². The van der Waals surface area contributed by atoms with Gasteiger partial charge < -0.3 is 11.1 Å². The molecule has 3 nitrogen and oxygen atoms in total. The monoisotopic (exact) mass is 415 g/mol. The van der Waals surface area contributed by atoms with E-state index in [-0.39, 0.29) is 24.0 Å². The van der Waals surface area contributed by atoms with E-state index in [1.165, 1.54) is 0 Å². The van der Waals surface area contributed by atoms with Crippen LogP contribution in [0.4, 0.5) is 0 Å². The minimum Gasteiger partial charge on any atom is -0.370 e. The average molecular weight is 416 g/mol. The summed E-state index contributed by atoms with van der Waals surface area (Å²) in [6.45, 7) is 4.73. The average Bonchev–Trinajstić information content (AvgIpc) is 2.25. The van der Waals surface area contributed by atoms with E-state index in [0.717, 1.165) is 18.4 Å². The summed E-state index contributed by atoms with van der Waals surface area (Å²) in [4.78, 5) is 4.24. The zero-order valence-electron chi connectivity index (χ0n) is 11.1. The number of nitrogens with two attached hydrogens (primary N) is 1. The summed E-state index contributed by atoms with van der Waals surface area (Å²) in [6.07, 6.45) is 1.77. The van der Waals surface area contributed by atoms with Crippen molar-refractivity contribution < 1.29 is 0 Å². The van der Waals surface area contributed by atoms with Gasteiger partial charge in [0, 0.05) is 22.6 Å². The lowest BCUT2D eigenvalue weighted by Crippen LogP contribution is -2.36. The lowest BCUT2D eigenvalue weighted by Gasteiger charge is -2.08. The molecular formula is C13H20Cl2IN3. The largest absolute Gasteiger partial charge is 0.370 e. The predicted octanol–water partition coefficient (Wildman–Crippen LogP) is 3.86. The Morgan fingerprint density at radius 3 is 2.63 bits per heavy atom. The van der Waals surface area contributed by atoms with Crippen LogP contribution in [0, 0.1) is 0 Å². The van der Waals surface area contributed by atoms with Crippen molar-refractivity contribution >= 4 is 53.1 Å². The first kappa shape index (κ1) is 18.8. The first-order valence-electron chi connectivity index (χ1n) is 5.99. The molecule has 0 radical (unpaired) electrons. The molecule has 0 amide bonds. The Labute approximate surface area is 142 Å². The number of benzene rings is 1. The second-order valence-corrected chi connectivity index (χ2v) is 5.25. The number of halogens is 3. The van der Waals surface area contributed by atoms with Crippen LogP contribution in [0.2, 0.25) is 10.0 Å². The van der Waals surface area contributed by atoms with Crippen molar-refractivity contribution in [3.8, 4) is 0 Å². The molecule has 0 fully saturated rings. The smallest absolute Gasteiger partial charge is 0.188 e. The Bertz CT molecular complexity index is 422. The van der Waals surface area contributed by atoms with Crippen LogP contribution in [0.5, 0.6) is 0 Å². The number of hydrogen-bond acceptors (Lipinski definition) is 1. The van der Waals surface area contributed by atoms with Gasteiger partial charge in [-0.15, -0.1) is 24.0 Å². The number of aryl methyl sites for hydroxylation is 1. The van der Waals surface area contributed by atoms with Crippen molar-refractivity contribution in [1.82, 2.24) is 5.32 Å². The zero-order chi connectivity index (χ0) is 13.5. The number of guanidine groups is 1. The third-order valence-corrected chi connectivity index (χ3v) is 2.92. The zero-order valence-corrected chi connectivity index (χ0v) is 15.0. The topological polar surface area (TPSA) is 50.4 Å². The summed E-state index contributed by atoms with van der Waals surface area (Å²) in [5.74, 6) is 0.493. The molecule has 1 rings (SSSR count). The molecule has 0 heterocycles. The third kappa shape index (κ3) is 7.84. The maximum Gasteiger partial charge on any atom is 0.188 e. The van der Waals surface area contributed by atoms with Gasteiger partial charge >= 0.3 is 0 Å². The summed E-state index contributed by atoms with van der Waals surface area (Å²) in [7, 11) is 0. The molecule has 108 valence electrons. The van der Waals surface area contributed by atoms with E-state index in [4.69, 9.17) is 28.9 Å². The van der Waals surface area contributed by atoms with Gasteiger partial charge in [0.25, 0.3) is 0 Å². The van der Waals surface area contributed by atoms with Crippen molar-refractivity contribution in [3.63, 3.8) is 0 Å². The maximum atomic E-state index is 6.08. The summed E-state index contributed by atoms with van der Waals surface area (Å²) in [5, 5.41) is 4.41. The van der Waals surface area contributed by atoms with Gasteiger partial charge in [-0.1, -0.05) is 29.3 Å². The lowest BCUT2D eigenvalue weighted by atomic mass is 10.1. The van der Waals surface area contributed by atoms with E-state index >= 15 is 0 Å². The van der Waals surface area contributed by atoms with Gasteiger partial charge in [0.1, 0.15) is 0 Å². The van der Waals surface area contributed by atoms with Gasteiger partial charge in [0.05, 0.1) is 0 Å². The molecule has 0 atom stereocenters. The fraction of sp³-hybridized carbons (Fsp3) is 0.462. The Balaban J connectivity index is 0.00000324. The molecule has 1 aromatic carbocycles. The molecule has 1 aromatic rings. The number of hydrogen-bond donors (Lipinski definition) is 2. The third-order valence-electron chi connectivity index (χ3n) is 2.34. The Morgan fingerprint density at radius 1 is 1.37 bits per heavy atom. The molecule has 0 unspecified atom stereocenters. The van der Waals surface area contributed by atoms with Gasteiger partial charge in [-0.3, -0.25) is 4.99 Å². The SMILES string of the molecule is CC(C)NC(N)=NCCCc1ccc(Cl)cc1Cl.I. The second-order valence-electron chi connectivity index (χ2n) is 4.41. The van der Waals surface area contributed by atoms with Crippen molar-refractivity contribution in [3.05, 3.63) is 33.8 Å². The first-order chi connectivity index (χ1) is 8.49. The van der Waals surface area contributed by atoms with E-state index < -0.39 is 0 Å². The standard InChI is InChI=1S/C13H19Cl2N3.HI/c1-9(2)18-13(16)17-7-3-4-10-5-6-11(14)8-12(10)15;/h5-6,8-9H,3-4,7H2,1-2H3,(H3,16,17,18);1H. The molecule has 0 saturated carbocycles. The van der Waals surface area contributed by atoms with Crippen LogP contribution in [-0.2, 0) is 6.42 Å². The van der Waals surface area contributed by atoms with Crippen LogP contribution < -0.4 is 11.1 Å². The Morgan fingerprint density at radius 2 is 2.05 bits per heavy atom. The predicted molar refractivity (Wildman–Crippen MR) is 95.0 cm³/mol. The fourth-order valence-corrected chi connectivity index (χ4v) is 2.04. The van der Waals surface area contributed by atoms with E-state index in [0.29, 0.717) is 28.6 Å². The Hall–Kier alpha value is -0.200. The quantitative estimate of drug-likeness (QED) is 0.332. The first-order valence-corrected chi connectivity index (χ1v) is 6.75. The molecule has 0 bridgehead atoms. The van der Waals surface area contributed by atoms with Crippen LogP contribution in [0.3, 0.4) is 0 Å². The number of nitrogens with one attached hydrogen (secondary N) is 1. The van der Waals surface area contributed by atoms with Gasteiger partial charge in [-0.05, 0) is 44.4 Å². The highest BCUT2D eigenvalue weighted by atomic mass is 127. The molecule has 0 aliphatic heterocycles. The molecule has 0 aromatic heterocycles. The summed E-state index contributed by atoms with van der Waals surface area (Å²) in [5.41, 5.74) is 6.79. The highest BCUT2D eigenvalue weighted by Crippen LogP contribution is 2.21. The highest BCUT2D eigenvalue weighted by Gasteiger charge is 2.01. The van der Waals surface area contributed by atoms with Crippen molar-refractivity contribution in [2.75, 3.05) is 6.54 Å². The van der Waals surface area contributed by atoms with E-state index in [2.05, 4.69) is 10.3 Å². The number of rotatable bonds is 5. The normalized spacial score (nSPS) is 11.3. The summed E-state index contributed by atoms with van der Waals surface area (Å²) < 4.78 is 0. The molecule has 19 heavy (non-hydrogen) atoms. The molecule has 0 aliphatic rings. The van der Waals surface area contributed by atoms with E-state index in [1.54, 1.807) is 6.07 Å². The second kappa shape index (κ2) is 9.66. The van der Waals surface area contributed by atoms with Gasteiger partial charge in [0.2, 0.25) is 0 Å². The maximum absolute atomic E-state index is 6.08. The highest BCUT2D eigenvalue weighted by molar-refractivity contribution is 14.0. The van der Waals surface area contributed by atoms with Crippen LogP contribution in [0.25, 0.3) is 0 Å². The molecule has 0 saturated heterocycles. The van der Waals surface area contributed by atoms with Gasteiger partial charge in [0.15, 0.2) is 5.96 Å². The van der Waals surface area contributed by atoms with Crippen molar-refractivity contribution in [2.24, 2.45) is 10.7 Å². The van der Waals surface area contributed by atoms with E-state index in [9.17, 15) is 0 Å². The van der Waals surface area contributed by atoms with Crippen molar-refractivity contribution in [1.29, 1.82) is 0 Å². The molecule has 6 heteroatoms. The van der Waals surface area contributed by atoms with Crippen LogP contribution in [-0.4, -0.2) is 18.5 Å². The summed E-state index contributed by atoms with van der Waals surface area (Å²) >= 11 is 11.9. The van der Waals surface area contributed by atoms with Crippen molar-refractivity contribution in [2.45, 2.75) is 32.7 Å². The lowest BCUT2D eigenvalue weighted by molar-refractivity contribution is 0.719. The van der Waals surface area contributed by atoms with Gasteiger partial charge in [-0.2, -0.15) is 0 Å². The molecule has 3 N–H and O–H groups in total. The molecule has 0 aliphatic carbocycles. The summed E-state index contributed by atoms with van der Waals surface area (Å²) in [6, 6.07) is 5.86. The van der Waals surface area contributed by atoms with Gasteiger partial charge in [-0.25, -0.2) is 0 Å². The minimum atomic E-state index is 0. The Kier molecular flexibility index (Phi) is 9.56. The number of nitrogens with zero attached hydrogens (tertiary/aromatic N) is 1. The van der Waals surface area contributed by atoms with E-state index in [1.807, 2.05) is 26.0 Å². The fourth-order valence-electron chi connectivity index (χ4n) is 1.53. The minimum absolute atomic E-state index is 0. The van der Waals surface area contributed by atoms with Crippen LogP contribution in [0.15, 0.2) is 23.2 Å². The molecule has 0 spiro atoms.